The van der Waals surface area contributed by atoms with E-state index in [0.717, 1.165) is 5.39 Å². The van der Waals surface area contributed by atoms with Gasteiger partial charge in [-0.2, -0.15) is 0 Å². The summed E-state index contributed by atoms with van der Waals surface area (Å²) in [7, 11) is -2.78. The van der Waals surface area contributed by atoms with Crippen LogP contribution >= 0.6 is 8.17 Å². The molecule has 2 aromatic heterocycles. The predicted octanol–water partition coefficient (Wildman–Crippen LogP) is 2.33. The minimum absolute atomic E-state index is 0.0417. The van der Waals surface area contributed by atoms with E-state index >= 15 is 4.39 Å². The van der Waals surface area contributed by atoms with Gasteiger partial charge < -0.3 is 30.3 Å². The van der Waals surface area contributed by atoms with Crippen molar-refractivity contribution < 1.29 is 38.3 Å². The Morgan fingerprint density at radius 1 is 1.33 bits per heavy atom. The second-order valence-electron chi connectivity index (χ2n) is 9.12. The van der Waals surface area contributed by atoms with Crippen LogP contribution in [0.4, 0.5) is 10.2 Å². The summed E-state index contributed by atoms with van der Waals surface area (Å²) >= 11 is 0. The average molecular weight is 558 g/mol. The van der Waals surface area contributed by atoms with E-state index in [9.17, 15) is 14.8 Å². The minimum atomic E-state index is -2.78. The van der Waals surface area contributed by atoms with E-state index < -0.39 is 44.3 Å². The Hall–Kier alpha value is -3.97. The number of ether oxygens (including phenoxy) is 2. The third-order valence-electron chi connectivity index (χ3n) is 6.37. The summed E-state index contributed by atoms with van der Waals surface area (Å²) in [5, 5.41) is 21.3. The van der Waals surface area contributed by atoms with Crippen molar-refractivity contribution in [3.05, 3.63) is 49.1 Å². The molecular weight excluding hydrogens is 534 g/mol. The summed E-state index contributed by atoms with van der Waals surface area (Å²) in [6, 6.07) is 9.03. The van der Waals surface area contributed by atoms with Crippen molar-refractivity contribution in [1.29, 1.82) is 0 Å². The smallest absolute Gasteiger partial charge is 0.395 e. The van der Waals surface area contributed by atoms with E-state index in [1.165, 1.54) is 31.1 Å². The van der Waals surface area contributed by atoms with E-state index in [1.807, 2.05) is 0 Å². The van der Waals surface area contributed by atoms with E-state index in [2.05, 4.69) is 19.7 Å². The van der Waals surface area contributed by atoms with Crippen LogP contribution in [-0.4, -0.2) is 66.2 Å². The zero-order chi connectivity index (χ0) is 27.9. The molecule has 3 heterocycles. The first kappa shape index (κ1) is 26.6. The Balaban J connectivity index is 1.41. The summed E-state index contributed by atoms with van der Waals surface area (Å²) in [6.07, 6.45) is -1.77. The molecule has 15 heteroatoms. The number of aromatic nitrogens is 4. The molecule has 6 atom stereocenters. The molecule has 2 unspecified atom stereocenters. The van der Waals surface area contributed by atoms with Gasteiger partial charge >= 0.3 is 14.1 Å². The molecule has 39 heavy (non-hydrogen) atoms. The number of carboxylic acid groups (broad SMARTS) is 1. The molecule has 0 spiro atoms. The lowest BCUT2D eigenvalue weighted by atomic mass is 9.98. The Morgan fingerprint density at radius 2 is 2.10 bits per heavy atom. The maximum atomic E-state index is 15.5. The van der Waals surface area contributed by atoms with Crippen LogP contribution in [0.5, 0.6) is 11.5 Å². The molecule has 0 saturated carbocycles. The molecule has 0 amide bonds. The number of alkyl halides is 1. The van der Waals surface area contributed by atoms with Crippen LogP contribution < -0.4 is 19.9 Å². The van der Waals surface area contributed by atoms with Crippen molar-refractivity contribution in [3.63, 3.8) is 0 Å². The van der Waals surface area contributed by atoms with E-state index in [4.69, 9.17) is 24.8 Å². The van der Waals surface area contributed by atoms with Crippen LogP contribution in [0.25, 0.3) is 21.9 Å². The van der Waals surface area contributed by atoms with Crippen molar-refractivity contribution in [1.82, 2.24) is 19.5 Å². The largest absolute Gasteiger partial charge is 0.575 e. The van der Waals surface area contributed by atoms with Crippen molar-refractivity contribution in [2.24, 2.45) is 4.74 Å². The molecule has 1 aliphatic heterocycles. The van der Waals surface area contributed by atoms with Gasteiger partial charge in [-0.15, -0.1) is 0 Å². The number of nitrogens with two attached hydrogens (primary N) is 1. The number of nitrogens with zero attached hydrogens (tertiary/aromatic N) is 5. The van der Waals surface area contributed by atoms with Crippen LogP contribution in [0, 0.1) is 0 Å². The highest BCUT2D eigenvalue weighted by molar-refractivity contribution is 7.34. The number of benzene rings is 2. The Labute approximate surface area is 221 Å². The second-order valence-corrected chi connectivity index (χ2v) is 10.0. The fourth-order valence-electron chi connectivity index (χ4n) is 4.29. The van der Waals surface area contributed by atoms with Crippen molar-refractivity contribution in [3.8, 4) is 11.5 Å². The summed E-state index contributed by atoms with van der Waals surface area (Å²) in [4.78, 5) is 35.8. The van der Waals surface area contributed by atoms with Gasteiger partial charge in [-0.05, 0) is 25.3 Å². The summed E-state index contributed by atoms with van der Waals surface area (Å²) in [6.45, 7) is 2.20. The number of anilines is 1. The Kier molecular flexibility index (Phi) is 7.03. The van der Waals surface area contributed by atoms with Crippen LogP contribution in [0.15, 0.2) is 53.8 Å². The lowest BCUT2D eigenvalue weighted by Gasteiger charge is -2.26. The highest BCUT2D eigenvalue weighted by atomic mass is 31.1. The fourth-order valence-corrected chi connectivity index (χ4v) is 5.07. The molecule has 4 aromatic rings. The molecule has 5 rings (SSSR count). The molecular formula is C24H24FN6O7P. The summed E-state index contributed by atoms with van der Waals surface area (Å²) in [5.74, 6) is -0.993. The number of imidazole rings is 1. The van der Waals surface area contributed by atoms with Gasteiger partial charge in [0.1, 0.15) is 30.2 Å². The number of fused-ring (bicyclic) bond motifs is 2. The number of aliphatic hydroxyl groups is 1. The quantitative estimate of drug-likeness (QED) is 0.269. The third kappa shape index (κ3) is 4.94. The number of carbonyl (C=O) groups is 1. The zero-order valence-electron chi connectivity index (χ0n) is 20.7. The molecule has 1 fully saturated rings. The maximum Gasteiger partial charge on any atom is 0.395 e. The number of rotatable bonds is 8. The zero-order valence-corrected chi connectivity index (χ0v) is 21.6. The Morgan fingerprint density at radius 3 is 2.87 bits per heavy atom. The number of carboxylic acids is 1. The molecule has 1 aliphatic rings. The average Bonchev–Trinajstić information content (AvgIpc) is 3.42. The first-order valence-corrected chi connectivity index (χ1v) is 12.9. The number of aliphatic carboxylic acids is 1. The SMILES string of the molecule is CC(N=[P+]([O-])Oc1c(OC[C@H]2O[C@@H](n3cnc4c(N)ncnc43)[C@](C)(O)[C@@H]2F)ccc2ccccc12)C(=O)O. The van der Waals surface area contributed by atoms with E-state index in [0.29, 0.717) is 5.39 Å². The fraction of sp³-hybridized carbons (Fsp3) is 0.333. The second kappa shape index (κ2) is 10.3. The molecule has 13 nitrogen and oxygen atoms in total. The van der Waals surface area contributed by atoms with Gasteiger partial charge in [0, 0.05) is 5.39 Å². The van der Waals surface area contributed by atoms with Gasteiger partial charge in [0.15, 0.2) is 35.7 Å². The molecule has 0 radical (unpaired) electrons. The molecule has 0 bridgehead atoms. The molecule has 2 aromatic carbocycles. The first-order valence-electron chi connectivity index (χ1n) is 11.8. The van der Waals surface area contributed by atoms with Crippen molar-refractivity contribution in [2.45, 2.75) is 44.0 Å². The number of hydrogen-bond donors (Lipinski definition) is 3. The highest BCUT2D eigenvalue weighted by Gasteiger charge is 2.55. The number of halogens is 1. The normalized spacial score (nSPS) is 24.2. The van der Waals surface area contributed by atoms with Gasteiger partial charge in [0.25, 0.3) is 0 Å². The van der Waals surface area contributed by atoms with Gasteiger partial charge in [-0.3, -0.25) is 9.09 Å². The van der Waals surface area contributed by atoms with Crippen LogP contribution in [0.3, 0.4) is 0 Å². The Bertz CT molecular complexity index is 1580. The lowest BCUT2D eigenvalue weighted by molar-refractivity contribution is -0.169. The molecule has 1 saturated heterocycles. The van der Waals surface area contributed by atoms with E-state index in [1.54, 1.807) is 36.4 Å². The molecule has 0 aliphatic carbocycles. The van der Waals surface area contributed by atoms with Gasteiger partial charge in [0.2, 0.25) is 5.75 Å². The maximum absolute atomic E-state index is 15.5. The van der Waals surface area contributed by atoms with E-state index in [-0.39, 0.29) is 35.1 Å². The molecule has 204 valence electrons. The summed E-state index contributed by atoms with van der Waals surface area (Å²) < 4.78 is 37.8. The van der Waals surface area contributed by atoms with Crippen molar-refractivity contribution >= 4 is 41.9 Å². The highest BCUT2D eigenvalue weighted by Crippen LogP contribution is 2.43. The minimum Gasteiger partial charge on any atom is -0.575 e. The van der Waals surface area contributed by atoms with Crippen molar-refractivity contribution in [2.75, 3.05) is 12.3 Å². The lowest BCUT2D eigenvalue weighted by Crippen LogP contribution is -2.42. The van der Waals surface area contributed by atoms with Gasteiger partial charge in [-0.1, -0.05) is 35.1 Å². The third-order valence-corrected chi connectivity index (χ3v) is 7.24. The van der Waals surface area contributed by atoms with Crippen LogP contribution in [0.2, 0.25) is 0 Å². The number of hydrogen-bond acceptors (Lipinski definition) is 11. The molecule has 4 N–H and O–H groups in total. The van der Waals surface area contributed by atoms with Crippen LogP contribution in [0.1, 0.15) is 20.1 Å². The predicted molar refractivity (Wildman–Crippen MR) is 136 cm³/mol. The standard InChI is InChI=1S/C24H24FN6O7P/c1-12(22(32)33)30-39(35)38-18-14-6-4-3-5-13(14)7-8-15(18)36-9-16-19(25)24(2,34)23(37-16)31-11-29-17-20(26)27-10-28-21(17)31/h3-8,10-12,16,19,23,34H,9H2,1-2H3,(H,32,33)(H2,26,27,28)/t12?,16-,19-,23-,24-/m1/s1. The topological polar surface area (TPSA) is 190 Å². The van der Waals surface area contributed by atoms with Gasteiger partial charge in [0.05, 0.1) is 6.33 Å². The summed E-state index contributed by atoms with van der Waals surface area (Å²) in [5.41, 5.74) is 4.39. The van der Waals surface area contributed by atoms with Crippen LogP contribution in [-0.2, 0) is 9.53 Å². The van der Waals surface area contributed by atoms with Gasteiger partial charge in [-0.25, -0.2) is 24.1 Å². The monoisotopic (exact) mass is 558 g/mol. The first-order chi connectivity index (χ1) is 18.6. The number of nitrogen functional groups attached to an aromatic ring is 1.